The Kier molecular flexibility index (Phi) is 4.19. The molecule has 1 aliphatic rings. The second-order valence-corrected chi connectivity index (χ2v) is 7.04. The SMILES string of the molecule is O=S1(=O)CCC(CO[SH](=O)(O)CC(F)(F)F)O1. The highest BCUT2D eigenvalue weighted by molar-refractivity contribution is 7.93. The zero-order valence-electron chi connectivity index (χ0n) is 8.38. The van der Waals surface area contributed by atoms with Crippen molar-refractivity contribution in [3.63, 3.8) is 0 Å². The molecule has 0 aliphatic carbocycles. The van der Waals surface area contributed by atoms with Crippen LogP contribution in [0.3, 0.4) is 0 Å². The van der Waals surface area contributed by atoms with Crippen LogP contribution in [0.25, 0.3) is 0 Å². The first-order valence-corrected chi connectivity index (χ1v) is 7.77. The Morgan fingerprint density at radius 1 is 1.47 bits per heavy atom. The summed E-state index contributed by atoms with van der Waals surface area (Å²) in [5, 5.41) is 0. The van der Waals surface area contributed by atoms with E-state index in [2.05, 4.69) is 8.37 Å². The Morgan fingerprint density at radius 2 is 2.06 bits per heavy atom. The summed E-state index contributed by atoms with van der Waals surface area (Å²) in [5.74, 6) is -2.25. The summed E-state index contributed by atoms with van der Waals surface area (Å²) >= 11 is 0. The molecule has 0 saturated carbocycles. The molecule has 11 heteroatoms. The maximum Gasteiger partial charge on any atom is 0.402 e. The third-order valence-electron chi connectivity index (χ3n) is 1.81. The van der Waals surface area contributed by atoms with Gasteiger partial charge >= 0.3 is 6.18 Å². The molecule has 1 saturated heterocycles. The zero-order valence-corrected chi connectivity index (χ0v) is 10.1. The Bertz CT molecular complexity index is 416. The third-order valence-corrected chi connectivity index (χ3v) is 4.43. The van der Waals surface area contributed by atoms with Gasteiger partial charge in [0.2, 0.25) is 0 Å². The van der Waals surface area contributed by atoms with Gasteiger partial charge < -0.3 is 4.55 Å². The topological polar surface area (TPSA) is 89.9 Å². The van der Waals surface area contributed by atoms with Crippen molar-refractivity contribution in [3.8, 4) is 0 Å². The maximum absolute atomic E-state index is 11.8. The van der Waals surface area contributed by atoms with Crippen molar-refractivity contribution in [1.29, 1.82) is 0 Å². The van der Waals surface area contributed by atoms with Gasteiger partial charge in [0.25, 0.3) is 10.1 Å². The van der Waals surface area contributed by atoms with E-state index in [4.69, 9.17) is 4.55 Å². The van der Waals surface area contributed by atoms with E-state index in [1.54, 1.807) is 0 Å². The molecule has 1 fully saturated rings. The van der Waals surface area contributed by atoms with Crippen molar-refractivity contribution >= 4 is 20.6 Å². The molecule has 0 spiro atoms. The van der Waals surface area contributed by atoms with Crippen molar-refractivity contribution in [2.24, 2.45) is 0 Å². The van der Waals surface area contributed by atoms with Gasteiger partial charge in [0.05, 0.1) is 22.9 Å². The highest BCUT2D eigenvalue weighted by Crippen LogP contribution is 2.22. The van der Waals surface area contributed by atoms with E-state index < -0.39 is 45.3 Å². The van der Waals surface area contributed by atoms with Crippen molar-refractivity contribution in [2.45, 2.75) is 18.7 Å². The molecular formula is C6H11F3O6S2. The molecule has 1 rings (SSSR count). The second-order valence-electron chi connectivity index (χ2n) is 3.48. The van der Waals surface area contributed by atoms with Crippen LogP contribution in [0.4, 0.5) is 13.2 Å². The van der Waals surface area contributed by atoms with Crippen LogP contribution in [0.1, 0.15) is 6.42 Å². The molecule has 0 aromatic carbocycles. The lowest BCUT2D eigenvalue weighted by molar-refractivity contribution is -0.108. The largest absolute Gasteiger partial charge is 0.402 e. The molecule has 6 nitrogen and oxygen atoms in total. The molecule has 1 atom stereocenters. The van der Waals surface area contributed by atoms with E-state index in [1.807, 2.05) is 0 Å². The van der Waals surface area contributed by atoms with E-state index in [9.17, 15) is 25.8 Å². The summed E-state index contributed by atoms with van der Waals surface area (Å²) in [7, 11) is -8.48. The summed E-state index contributed by atoms with van der Waals surface area (Å²) < 4.78 is 85.5. The maximum atomic E-state index is 11.8. The molecule has 0 amide bonds. The van der Waals surface area contributed by atoms with Gasteiger partial charge in [-0.1, -0.05) is 0 Å². The first kappa shape index (κ1) is 14.8. The second kappa shape index (κ2) is 4.80. The predicted octanol–water partition coefficient (Wildman–Crippen LogP) is 0.0887. The Hall–Kier alpha value is -0.230. The summed E-state index contributed by atoms with van der Waals surface area (Å²) in [6.45, 7) is -0.664. The average molecular weight is 300 g/mol. The van der Waals surface area contributed by atoms with Crippen molar-refractivity contribution in [2.75, 3.05) is 18.1 Å². The fourth-order valence-electron chi connectivity index (χ4n) is 1.16. The summed E-state index contributed by atoms with van der Waals surface area (Å²) in [5.41, 5.74) is 0. The fraction of sp³-hybridized carbons (Fsp3) is 1.00. The number of rotatable bonds is 4. The van der Waals surface area contributed by atoms with Crippen molar-refractivity contribution in [3.05, 3.63) is 0 Å². The first-order valence-electron chi connectivity index (χ1n) is 4.43. The molecular weight excluding hydrogens is 289 g/mol. The summed E-state index contributed by atoms with van der Waals surface area (Å²) in [4.78, 5) is 0. The molecule has 0 aromatic heterocycles. The van der Waals surface area contributed by atoms with Crippen LogP contribution in [-0.4, -0.2) is 47.6 Å². The van der Waals surface area contributed by atoms with E-state index in [0.717, 1.165) is 0 Å². The fourth-order valence-corrected chi connectivity index (χ4v) is 3.32. The number of alkyl halides is 3. The number of thiol groups is 1. The average Bonchev–Trinajstić information content (AvgIpc) is 2.38. The minimum Gasteiger partial charge on any atom is -0.309 e. The third kappa shape index (κ3) is 5.77. The van der Waals surface area contributed by atoms with Gasteiger partial charge in [0, 0.05) is 0 Å². The monoisotopic (exact) mass is 300 g/mol. The highest BCUT2D eigenvalue weighted by Gasteiger charge is 2.36. The Morgan fingerprint density at radius 3 is 2.47 bits per heavy atom. The standard InChI is InChI=1S/C6H11F3O6S2/c7-6(8,9)4-17(12,13)14-3-5-1-2-16(10,11)15-5/h5,17H,1-4H2,(H,12,13). The molecule has 1 N–H and O–H groups in total. The molecule has 0 radical (unpaired) electrons. The smallest absolute Gasteiger partial charge is 0.309 e. The quantitative estimate of drug-likeness (QED) is 0.565. The van der Waals surface area contributed by atoms with Gasteiger partial charge in [-0.3, -0.25) is 8.37 Å². The zero-order chi connectivity index (χ0) is 13.3. The number of halogens is 3. The van der Waals surface area contributed by atoms with E-state index in [1.165, 1.54) is 0 Å². The van der Waals surface area contributed by atoms with Crippen LogP contribution >= 0.6 is 0 Å². The lowest BCUT2D eigenvalue weighted by atomic mass is 10.3. The summed E-state index contributed by atoms with van der Waals surface area (Å²) in [6, 6.07) is 0. The first-order chi connectivity index (χ1) is 7.49. The van der Waals surface area contributed by atoms with Crippen LogP contribution in [0, 0.1) is 0 Å². The lowest BCUT2D eigenvalue weighted by Crippen LogP contribution is -2.32. The minimum atomic E-state index is -4.83. The van der Waals surface area contributed by atoms with Crippen LogP contribution in [0.15, 0.2) is 0 Å². The summed E-state index contributed by atoms with van der Waals surface area (Å²) in [6.07, 6.45) is -5.81. The van der Waals surface area contributed by atoms with Crippen molar-refractivity contribution < 1.29 is 38.7 Å². The molecule has 0 aromatic rings. The Balaban J connectivity index is 2.43. The van der Waals surface area contributed by atoms with Crippen LogP contribution in [-0.2, 0) is 29.0 Å². The number of hydrogen-bond donors (Lipinski definition) is 2. The van der Waals surface area contributed by atoms with E-state index in [0.29, 0.717) is 0 Å². The van der Waals surface area contributed by atoms with E-state index in [-0.39, 0.29) is 12.2 Å². The predicted molar refractivity (Wildman–Crippen MR) is 52.3 cm³/mol. The van der Waals surface area contributed by atoms with Gasteiger partial charge in [0.15, 0.2) is 0 Å². The molecule has 17 heavy (non-hydrogen) atoms. The van der Waals surface area contributed by atoms with Crippen molar-refractivity contribution in [1.82, 2.24) is 0 Å². The molecule has 104 valence electrons. The molecule has 0 bridgehead atoms. The number of hydrogen-bond acceptors (Lipinski definition) is 5. The van der Waals surface area contributed by atoms with Crippen LogP contribution < -0.4 is 0 Å². The normalized spacial score (nSPS) is 26.0. The lowest BCUT2D eigenvalue weighted by Gasteiger charge is -2.20. The van der Waals surface area contributed by atoms with Gasteiger partial charge in [-0.15, -0.1) is 0 Å². The molecule has 1 heterocycles. The van der Waals surface area contributed by atoms with Gasteiger partial charge in [-0.2, -0.15) is 21.6 Å². The van der Waals surface area contributed by atoms with Gasteiger partial charge in [-0.25, -0.2) is 4.21 Å². The Labute approximate surface area is 96.7 Å². The van der Waals surface area contributed by atoms with Crippen LogP contribution in [0.2, 0.25) is 0 Å². The minimum absolute atomic E-state index is 0.0222. The van der Waals surface area contributed by atoms with Gasteiger partial charge in [0.1, 0.15) is 11.9 Å². The molecule has 1 aliphatic heterocycles. The highest BCUT2D eigenvalue weighted by atomic mass is 32.3. The molecule has 1 unspecified atom stereocenters. The van der Waals surface area contributed by atoms with Crippen LogP contribution in [0.5, 0.6) is 0 Å². The van der Waals surface area contributed by atoms with Gasteiger partial charge in [-0.05, 0) is 6.42 Å². The van der Waals surface area contributed by atoms with E-state index >= 15 is 0 Å².